The maximum absolute atomic E-state index is 13.4. The lowest BCUT2D eigenvalue weighted by Crippen LogP contribution is -2.17. The molecule has 0 aliphatic heterocycles. The van der Waals surface area contributed by atoms with Crippen molar-refractivity contribution in [2.75, 3.05) is 5.32 Å². The van der Waals surface area contributed by atoms with Crippen molar-refractivity contribution in [2.24, 2.45) is 10.9 Å². The van der Waals surface area contributed by atoms with Crippen LogP contribution < -0.4 is 11.1 Å². The Morgan fingerprint density at radius 3 is 2.89 bits per heavy atom. The van der Waals surface area contributed by atoms with E-state index in [4.69, 9.17) is 10.9 Å². The van der Waals surface area contributed by atoms with Gasteiger partial charge in [-0.3, -0.25) is 9.89 Å². The summed E-state index contributed by atoms with van der Waals surface area (Å²) in [6.45, 7) is 0. The first-order valence-corrected chi connectivity index (χ1v) is 5.20. The van der Waals surface area contributed by atoms with Crippen molar-refractivity contribution in [2.45, 2.75) is 0 Å². The van der Waals surface area contributed by atoms with Gasteiger partial charge in [0, 0.05) is 11.9 Å². The fourth-order valence-electron chi connectivity index (χ4n) is 1.43. The minimum Gasteiger partial charge on any atom is -0.409 e. The Hall–Kier alpha value is -2.90. The van der Waals surface area contributed by atoms with Crippen molar-refractivity contribution in [3.63, 3.8) is 0 Å². The third-order valence-corrected chi connectivity index (χ3v) is 2.35. The fraction of sp³-hybridized carbons (Fsp3) is 0. The predicted octanol–water partition coefficient (Wildman–Crippen LogP) is 0.896. The van der Waals surface area contributed by atoms with Gasteiger partial charge in [0.1, 0.15) is 11.5 Å². The van der Waals surface area contributed by atoms with Crippen molar-refractivity contribution in [3.8, 4) is 0 Å². The average molecular weight is 263 g/mol. The molecule has 1 amide bonds. The number of rotatable bonds is 3. The van der Waals surface area contributed by atoms with E-state index in [2.05, 4.69) is 20.7 Å². The van der Waals surface area contributed by atoms with Gasteiger partial charge in [-0.1, -0.05) is 5.16 Å². The number of carbonyl (C=O) groups is 1. The first-order valence-electron chi connectivity index (χ1n) is 5.20. The highest BCUT2D eigenvalue weighted by Crippen LogP contribution is 2.15. The first-order chi connectivity index (χ1) is 9.11. The maximum Gasteiger partial charge on any atom is 0.273 e. The van der Waals surface area contributed by atoms with Crippen molar-refractivity contribution < 1.29 is 14.4 Å². The molecule has 2 aromatic rings. The number of nitrogens with one attached hydrogen (secondary N) is 2. The molecule has 0 saturated carbocycles. The van der Waals surface area contributed by atoms with E-state index >= 15 is 0 Å². The number of nitrogens with two attached hydrogens (primary N) is 1. The molecule has 2 rings (SSSR count). The standard InChI is InChI=1S/C11H10FN5O2/c12-8-2-1-6(5-7(8)10(13)17-19)15-11(18)9-3-4-14-16-9/h1-5,19H,(H2,13,17)(H,14,16)(H,15,18). The minimum absolute atomic E-state index is 0.107. The molecule has 0 spiro atoms. The average Bonchev–Trinajstić information content (AvgIpc) is 2.94. The Kier molecular flexibility index (Phi) is 3.42. The second kappa shape index (κ2) is 5.17. The van der Waals surface area contributed by atoms with E-state index in [1.54, 1.807) is 0 Å². The second-order valence-electron chi connectivity index (χ2n) is 3.60. The van der Waals surface area contributed by atoms with Crippen LogP contribution in [0.25, 0.3) is 0 Å². The van der Waals surface area contributed by atoms with E-state index < -0.39 is 11.7 Å². The van der Waals surface area contributed by atoms with Gasteiger partial charge in [0.2, 0.25) is 0 Å². The normalized spacial score (nSPS) is 11.3. The third-order valence-electron chi connectivity index (χ3n) is 2.35. The summed E-state index contributed by atoms with van der Waals surface area (Å²) < 4.78 is 13.4. The van der Waals surface area contributed by atoms with E-state index in [0.717, 1.165) is 6.07 Å². The summed E-state index contributed by atoms with van der Waals surface area (Å²) >= 11 is 0. The smallest absolute Gasteiger partial charge is 0.273 e. The molecule has 5 N–H and O–H groups in total. The Labute approximate surface area is 106 Å². The lowest BCUT2D eigenvalue weighted by molar-refractivity contribution is 0.102. The molecule has 0 unspecified atom stereocenters. The number of aromatic nitrogens is 2. The molecule has 0 saturated heterocycles. The molecule has 0 radical (unpaired) electrons. The molecule has 1 aromatic heterocycles. The topological polar surface area (TPSA) is 116 Å². The predicted molar refractivity (Wildman–Crippen MR) is 65.5 cm³/mol. The van der Waals surface area contributed by atoms with Crippen LogP contribution in [0.3, 0.4) is 0 Å². The molecule has 1 heterocycles. The molecular weight excluding hydrogens is 253 g/mol. The van der Waals surface area contributed by atoms with Gasteiger partial charge in [-0.2, -0.15) is 5.10 Å². The van der Waals surface area contributed by atoms with Crippen LogP contribution in [-0.2, 0) is 0 Å². The number of carbonyl (C=O) groups excluding carboxylic acids is 1. The van der Waals surface area contributed by atoms with Crippen LogP contribution >= 0.6 is 0 Å². The van der Waals surface area contributed by atoms with Gasteiger partial charge >= 0.3 is 0 Å². The van der Waals surface area contributed by atoms with Crippen LogP contribution in [0, 0.1) is 5.82 Å². The number of benzene rings is 1. The highest BCUT2D eigenvalue weighted by Gasteiger charge is 2.11. The van der Waals surface area contributed by atoms with Gasteiger partial charge in [-0.15, -0.1) is 0 Å². The SMILES string of the molecule is NC(=NO)c1cc(NC(=O)c2ccn[nH]2)ccc1F. The van der Waals surface area contributed by atoms with Crippen molar-refractivity contribution >= 4 is 17.4 Å². The molecule has 0 aliphatic carbocycles. The molecule has 7 nitrogen and oxygen atoms in total. The molecule has 0 bridgehead atoms. The molecule has 98 valence electrons. The van der Waals surface area contributed by atoms with Gasteiger partial charge in [-0.05, 0) is 24.3 Å². The number of anilines is 1. The van der Waals surface area contributed by atoms with Gasteiger partial charge in [0.05, 0.1) is 5.56 Å². The molecular formula is C11H10FN5O2. The summed E-state index contributed by atoms with van der Waals surface area (Å²) in [5.74, 6) is -1.47. The van der Waals surface area contributed by atoms with Gasteiger partial charge in [0.25, 0.3) is 5.91 Å². The summed E-state index contributed by atoms with van der Waals surface area (Å²) in [5, 5.41) is 19.9. The van der Waals surface area contributed by atoms with Crippen LogP contribution in [0.2, 0.25) is 0 Å². The number of halogens is 1. The van der Waals surface area contributed by atoms with E-state index in [1.807, 2.05) is 0 Å². The highest BCUT2D eigenvalue weighted by atomic mass is 19.1. The number of nitrogens with zero attached hydrogens (tertiary/aromatic N) is 2. The quantitative estimate of drug-likeness (QED) is 0.285. The van der Waals surface area contributed by atoms with Gasteiger partial charge in [-0.25, -0.2) is 4.39 Å². The number of hydrogen-bond acceptors (Lipinski definition) is 4. The Morgan fingerprint density at radius 1 is 1.47 bits per heavy atom. The molecule has 0 aliphatic rings. The van der Waals surface area contributed by atoms with Gasteiger partial charge < -0.3 is 16.3 Å². The lowest BCUT2D eigenvalue weighted by Gasteiger charge is -2.06. The number of aromatic amines is 1. The van der Waals surface area contributed by atoms with Crippen molar-refractivity contribution in [1.82, 2.24) is 10.2 Å². The lowest BCUT2D eigenvalue weighted by atomic mass is 10.1. The summed E-state index contributed by atoms with van der Waals surface area (Å²) in [6, 6.07) is 5.22. The molecule has 0 atom stereocenters. The minimum atomic E-state index is -0.658. The summed E-state index contributed by atoms with van der Waals surface area (Å²) in [4.78, 5) is 11.7. The fourth-order valence-corrected chi connectivity index (χ4v) is 1.43. The van der Waals surface area contributed by atoms with Crippen LogP contribution in [0.4, 0.5) is 10.1 Å². The summed E-state index contributed by atoms with van der Waals surface area (Å²) in [7, 11) is 0. The number of amides is 1. The van der Waals surface area contributed by atoms with E-state index in [1.165, 1.54) is 24.4 Å². The van der Waals surface area contributed by atoms with E-state index in [0.29, 0.717) is 5.69 Å². The van der Waals surface area contributed by atoms with Crippen LogP contribution in [-0.4, -0.2) is 27.1 Å². The number of H-pyrrole nitrogens is 1. The molecule has 1 aromatic carbocycles. The third kappa shape index (κ3) is 2.68. The Balaban J connectivity index is 2.25. The largest absolute Gasteiger partial charge is 0.409 e. The Morgan fingerprint density at radius 2 is 2.26 bits per heavy atom. The summed E-state index contributed by atoms with van der Waals surface area (Å²) in [6.07, 6.45) is 1.43. The molecule has 0 fully saturated rings. The molecule has 19 heavy (non-hydrogen) atoms. The van der Waals surface area contributed by atoms with Crippen LogP contribution in [0.15, 0.2) is 35.6 Å². The number of amidine groups is 1. The van der Waals surface area contributed by atoms with Gasteiger partial charge in [0.15, 0.2) is 5.84 Å². The zero-order valence-electron chi connectivity index (χ0n) is 9.59. The second-order valence-corrected chi connectivity index (χ2v) is 3.60. The Bertz CT molecular complexity index is 624. The number of hydrogen-bond donors (Lipinski definition) is 4. The summed E-state index contributed by atoms with van der Waals surface area (Å²) in [5.41, 5.74) is 5.78. The zero-order valence-corrected chi connectivity index (χ0v) is 9.59. The van der Waals surface area contributed by atoms with Crippen LogP contribution in [0.5, 0.6) is 0 Å². The maximum atomic E-state index is 13.4. The van der Waals surface area contributed by atoms with E-state index in [-0.39, 0.29) is 17.1 Å². The van der Waals surface area contributed by atoms with Crippen molar-refractivity contribution in [3.05, 3.63) is 47.5 Å². The zero-order chi connectivity index (χ0) is 13.8. The molecule has 8 heteroatoms. The monoisotopic (exact) mass is 263 g/mol. The van der Waals surface area contributed by atoms with Crippen molar-refractivity contribution in [1.29, 1.82) is 0 Å². The number of oxime groups is 1. The van der Waals surface area contributed by atoms with E-state index in [9.17, 15) is 9.18 Å². The first kappa shape index (κ1) is 12.6. The van der Waals surface area contributed by atoms with Crippen LogP contribution in [0.1, 0.15) is 16.1 Å². The highest BCUT2D eigenvalue weighted by molar-refractivity contribution is 6.04.